The Kier molecular flexibility index (Phi) is 2.94. The summed E-state index contributed by atoms with van der Waals surface area (Å²) < 4.78 is 1.90. The summed E-state index contributed by atoms with van der Waals surface area (Å²) in [7, 11) is 0. The molecule has 0 fully saturated rings. The van der Waals surface area contributed by atoms with Gasteiger partial charge in [-0.15, -0.1) is 11.3 Å². The number of Topliss-reactive ketones (excluding diaryl/α,β-unsaturated/α-hetero) is 1. The Morgan fingerprint density at radius 3 is 2.83 bits per heavy atom. The highest BCUT2D eigenvalue weighted by molar-refractivity contribution is 7.12. The van der Waals surface area contributed by atoms with Gasteiger partial charge in [0, 0.05) is 17.1 Å². The van der Waals surface area contributed by atoms with Crippen LogP contribution in [0.25, 0.3) is 10.9 Å². The van der Waals surface area contributed by atoms with Gasteiger partial charge in [0.1, 0.15) is 0 Å². The Morgan fingerprint density at radius 1 is 1.22 bits per heavy atom. The van der Waals surface area contributed by atoms with E-state index in [4.69, 9.17) is 11.6 Å². The predicted octanol–water partition coefficient (Wildman–Crippen LogP) is 4.24. The summed E-state index contributed by atoms with van der Waals surface area (Å²) in [6.45, 7) is 0.327. The van der Waals surface area contributed by atoms with Crippen LogP contribution in [0.3, 0.4) is 0 Å². The average molecular weight is 276 g/mol. The molecule has 2 aromatic heterocycles. The number of carbonyl (C=O) groups is 1. The standard InChI is InChI=1S/C14H10ClNOS/c15-11-8-16(12-5-2-1-4-10(11)12)9-13(17)14-6-3-7-18-14/h1-8H,9H2. The van der Waals surface area contributed by atoms with Gasteiger partial charge in [-0.05, 0) is 17.5 Å². The van der Waals surface area contributed by atoms with E-state index < -0.39 is 0 Å². The third-order valence-corrected chi connectivity index (χ3v) is 4.06. The van der Waals surface area contributed by atoms with Crippen LogP contribution in [0.1, 0.15) is 9.67 Å². The van der Waals surface area contributed by atoms with Crippen LogP contribution in [0, 0.1) is 0 Å². The average Bonchev–Trinajstić information content (AvgIpc) is 3.00. The second-order valence-corrected chi connectivity index (χ2v) is 5.38. The van der Waals surface area contributed by atoms with Crippen LogP contribution in [0.5, 0.6) is 0 Å². The Hall–Kier alpha value is -1.58. The number of hydrogen-bond donors (Lipinski definition) is 0. The monoisotopic (exact) mass is 275 g/mol. The zero-order valence-corrected chi connectivity index (χ0v) is 11.0. The normalized spacial score (nSPS) is 10.9. The van der Waals surface area contributed by atoms with Gasteiger partial charge >= 0.3 is 0 Å². The Morgan fingerprint density at radius 2 is 2.06 bits per heavy atom. The third-order valence-electron chi connectivity index (χ3n) is 2.85. The minimum absolute atomic E-state index is 0.113. The molecule has 4 heteroatoms. The zero-order valence-electron chi connectivity index (χ0n) is 9.47. The van der Waals surface area contributed by atoms with Gasteiger partial charge < -0.3 is 4.57 Å². The highest BCUT2D eigenvalue weighted by Crippen LogP contribution is 2.25. The molecule has 18 heavy (non-hydrogen) atoms. The minimum Gasteiger partial charge on any atom is -0.338 e. The molecule has 90 valence electrons. The van der Waals surface area contributed by atoms with Gasteiger partial charge in [0.25, 0.3) is 0 Å². The van der Waals surface area contributed by atoms with Crippen LogP contribution in [-0.4, -0.2) is 10.4 Å². The number of rotatable bonds is 3. The first-order valence-corrected chi connectivity index (χ1v) is 6.81. The van der Waals surface area contributed by atoms with Crippen LogP contribution in [-0.2, 0) is 6.54 Å². The van der Waals surface area contributed by atoms with E-state index in [9.17, 15) is 4.79 Å². The van der Waals surface area contributed by atoms with Crippen LogP contribution in [0.15, 0.2) is 48.0 Å². The number of hydrogen-bond acceptors (Lipinski definition) is 2. The van der Waals surface area contributed by atoms with E-state index in [1.807, 2.05) is 52.5 Å². The largest absolute Gasteiger partial charge is 0.338 e. The molecule has 1 aromatic carbocycles. The van der Waals surface area contributed by atoms with E-state index in [1.54, 1.807) is 0 Å². The molecule has 0 bridgehead atoms. The van der Waals surface area contributed by atoms with Gasteiger partial charge in [-0.2, -0.15) is 0 Å². The molecule has 0 N–H and O–H groups in total. The molecule has 2 heterocycles. The maximum atomic E-state index is 12.1. The minimum atomic E-state index is 0.113. The van der Waals surface area contributed by atoms with Crippen molar-refractivity contribution in [3.05, 3.63) is 57.9 Å². The number of ketones is 1. The first-order valence-electron chi connectivity index (χ1n) is 5.56. The number of fused-ring (bicyclic) bond motifs is 1. The lowest BCUT2D eigenvalue weighted by Gasteiger charge is -2.02. The maximum Gasteiger partial charge on any atom is 0.192 e. The van der Waals surface area contributed by atoms with E-state index in [1.165, 1.54) is 11.3 Å². The first-order chi connectivity index (χ1) is 8.75. The number of thiophene rings is 1. The smallest absolute Gasteiger partial charge is 0.192 e. The molecule has 0 aliphatic heterocycles. The summed E-state index contributed by atoms with van der Waals surface area (Å²) in [4.78, 5) is 12.9. The molecule has 3 rings (SSSR count). The number of halogens is 1. The molecule has 0 unspecified atom stereocenters. The van der Waals surface area contributed by atoms with E-state index in [0.717, 1.165) is 15.8 Å². The zero-order chi connectivity index (χ0) is 12.5. The van der Waals surface area contributed by atoms with Crippen molar-refractivity contribution < 1.29 is 4.79 Å². The van der Waals surface area contributed by atoms with Crippen LogP contribution >= 0.6 is 22.9 Å². The van der Waals surface area contributed by atoms with Crippen molar-refractivity contribution in [1.82, 2.24) is 4.57 Å². The molecule has 0 saturated heterocycles. The molecule has 0 radical (unpaired) electrons. The number of para-hydroxylation sites is 1. The Bertz CT molecular complexity index is 700. The fourth-order valence-corrected chi connectivity index (χ4v) is 2.94. The molecule has 0 aliphatic rings. The molecular weight excluding hydrogens is 266 g/mol. The summed E-state index contributed by atoms with van der Waals surface area (Å²) in [5.41, 5.74) is 0.993. The fourth-order valence-electron chi connectivity index (χ4n) is 2.00. The van der Waals surface area contributed by atoms with Gasteiger partial charge in [-0.1, -0.05) is 35.9 Å². The van der Waals surface area contributed by atoms with Gasteiger partial charge in [-0.3, -0.25) is 4.79 Å². The lowest BCUT2D eigenvalue weighted by Crippen LogP contribution is -2.07. The Balaban J connectivity index is 1.98. The van der Waals surface area contributed by atoms with Crippen molar-refractivity contribution in [2.45, 2.75) is 6.54 Å². The van der Waals surface area contributed by atoms with Crippen LogP contribution < -0.4 is 0 Å². The lowest BCUT2D eigenvalue weighted by molar-refractivity contribution is 0.0977. The number of aromatic nitrogens is 1. The molecular formula is C14H10ClNOS. The van der Waals surface area contributed by atoms with E-state index in [-0.39, 0.29) is 5.78 Å². The van der Waals surface area contributed by atoms with Crippen molar-refractivity contribution in [3.8, 4) is 0 Å². The van der Waals surface area contributed by atoms with Crippen molar-refractivity contribution in [1.29, 1.82) is 0 Å². The number of nitrogens with zero attached hydrogens (tertiary/aromatic N) is 1. The summed E-state index contributed by atoms with van der Waals surface area (Å²) in [5, 5.41) is 3.58. The number of carbonyl (C=O) groups excluding carboxylic acids is 1. The highest BCUT2D eigenvalue weighted by Gasteiger charge is 2.11. The molecule has 0 amide bonds. The molecule has 0 aliphatic carbocycles. The van der Waals surface area contributed by atoms with E-state index in [2.05, 4.69) is 0 Å². The van der Waals surface area contributed by atoms with Crippen molar-refractivity contribution >= 4 is 39.6 Å². The van der Waals surface area contributed by atoms with Crippen LogP contribution in [0.4, 0.5) is 0 Å². The quantitative estimate of drug-likeness (QED) is 0.655. The summed E-state index contributed by atoms with van der Waals surface area (Å²) in [6, 6.07) is 11.6. The highest BCUT2D eigenvalue weighted by atomic mass is 35.5. The van der Waals surface area contributed by atoms with Crippen molar-refractivity contribution in [2.24, 2.45) is 0 Å². The molecule has 3 aromatic rings. The molecule has 0 spiro atoms. The van der Waals surface area contributed by atoms with Crippen molar-refractivity contribution in [2.75, 3.05) is 0 Å². The second-order valence-electron chi connectivity index (χ2n) is 4.02. The van der Waals surface area contributed by atoms with Gasteiger partial charge in [-0.25, -0.2) is 0 Å². The van der Waals surface area contributed by atoms with E-state index in [0.29, 0.717) is 11.6 Å². The summed E-state index contributed by atoms with van der Waals surface area (Å²) in [5.74, 6) is 0.113. The number of benzene rings is 1. The lowest BCUT2D eigenvalue weighted by atomic mass is 10.2. The second kappa shape index (κ2) is 4.59. The SMILES string of the molecule is O=C(Cn1cc(Cl)c2ccccc21)c1cccs1. The third kappa shape index (κ3) is 1.96. The predicted molar refractivity (Wildman–Crippen MR) is 75.6 cm³/mol. The maximum absolute atomic E-state index is 12.1. The molecule has 0 atom stereocenters. The van der Waals surface area contributed by atoms with Gasteiger partial charge in [0.05, 0.1) is 16.4 Å². The van der Waals surface area contributed by atoms with E-state index >= 15 is 0 Å². The topological polar surface area (TPSA) is 22.0 Å². The molecule has 2 nitrogen and oxygen atoms in total. The first kappa shape index (κ1) is 11.5. The molecule has 0 saturated carbocycles. The Labute approximate surface area is 113 Å². The fraction of sp³-hybridized carbons (Fsp3) is 0.0714. The summed E-state index contributed by atoms with van der Waals surface area (Å²) in [6.07, 6.45) is 1.82. The van der Waals surface area contributed by atoms with Crippen LogP contribution in [0.2, 0.25) is 5.02 Å². The van der Waals surface area contributed by atoms with Gasteiger partial charge in [0.15, 0.2) is 5.78 Å². The summed E-state index contributed by atoms with van der Waals surface area (Å²) >= 11 is 7.62. The van der Waals surface area contributed by atoms with Crippen molar-refractivity contribution in [3.63, 3.8) is 0 Å². The van der Waals surface area contributed by atoms with Gasteiger partial charge in [0.2, 0.25) is 0 Å².